The maximum atomic E-state index is 13.9. The highest BCUT2D eigenvalue weighted by Crippen LogP contribution is 2.84. The average molecular weight is 499 g/mol. The Bertz CT molecular complexity index is 1260. The van der Waals surface area contributed by atoms with Crippen LogP contribution in [-0.4, -0.2) is 58.5 Å². The van der Waals surface area contributed by atoms with Gasteiger partial charge in [-0.1, -0.05) is 26.2 Å². The number of carbonyl (C=O) groups is 4. The molecule has 4 aliphatic heterocycles. The molecule has 2 spiro atoms. The summed E-state index contributed by atoms with van der Waals surface area (Å²) in [7, 11) is 0. The van der Waals surface area contributed by atoms with Crippen LogP contribution in [0.2, 0.25) is 0 Å². The molecule has 2 unspecified atom stereocenters. The van der Waals surface area contributed by atoms with Gasteiger partial charge < -0.3 is 23.7 Å². The highest BCUT2D eigenvalue weighted by Gasteiger charge is 2.99. The van der Waals surface area contributed by atoms with Gasteiger partial charge in [-0.2, -0.15) is 0 Å². The molecule has 0 aromatic rings. The first-order chi connectivity index (χ1) is 16.5. The lowest BCUT2D eigenvalue weighted by Crippen LogP contribution is -2.79. The molecule has 6 aliphatic rings. The van der Waals surface area contributed by atoms with Crippen LogP contribution < -0.4 is 0 Å². The van der Waals surface area contributed by atoms with Gasteiger partial charge in [0.25, 0.3) is 0 Å². The number of hydrogen-bond donors (Lipinski definition) is 0. The van der Waals surface area contributed by atoms with Crippen molar-refractivity contribution in [3.63, 3.8) is 0 Å². The summed E-state index contributed by atoms with van der Waals surface area (Å²) < 4.78 is 30.4. The zero-order chi connectivity index (χ0) is 26.5. The summed E-state index contributed by atoms with van der Waals surface area (Å²) in [5.74, 6) is -2.47. The molecular formula is C27H30O9. The van der Waals surface area contributed by atoms with Crippen molar-refractivity contribution in [2.45, 2.75) is 89.0 Å². The van der Waals surface area contributed by atoms with E-state index in [-0.39, 0.29) is 0 Å². The van der Waals surface area contributed by atoms with E-state index in [9.17, 15) is 19.2 Å². The predicted octanol–water partition coefficient (Wildman–Crippen LogP) is 2.48. The van der Waals surface area contributed by atoms with Crippen molar-refractivity contribution < 1.29 is 42.9 Å². The van der Waals surface area contributed by atoms with E-state index in [2.05, 4.69) is 13.2 Å². The summed E-state index contributed by atoms with van der Waals surface area (Å²) in [4.78, 5) is 52.6. The van der Waals surface area contributed by atoms with Crippen LogP contribution in [0, 0.1) is 16.2 Å². The quantitative estimate of drug-likeness (QED) is 0.305. The van der Waals surface area contributed by atoms with Crippen molar-refractivity contribution in [1.29, 1.82) is 0 Å². The Labute approximate surface area is 208 Å². The fourth-order valence-electron chi connectivity index (χ4n) is 8.77. The first-order valence-electron chi connectivity index (χ1n) is 12.2. The van der Waals surface area contributed by atoms with Gasteiger partial charge >= 0.3 is 23.9 Å². The minimum Gasteiger partial charge on any atom is -0.458 e. The lowest BCUT2D eigenvalue weighted by molar-refractivity contribution is -0.239. The number of hydrogen-bond acceptors (Lipinski definition) is 9. The molecule has 3 saturated heterocycles. The van der Waals surface area contributed by atoms with E-state index in [4.69, 9.17) is 23.7 Å². The Morgan fingerprint density at radius 1 is 1.00 bits per heavy atom. The number of rotatable bonds is 1. The van der Waals surface area contributed by atoms with Gasteiger partial charge in [-0.3, -0.25) is 9.59 Å². The van der Waals surface area contributed by atoms with Crippen molar-refractivity contribution in [2.75, 3.05) is 0 Å². The van der Waals surface area contributed by atoms with E-state index >= 15 is 0 Å². The van der Waals surface area contributed by atoms with E-state index in [1.165, 1.54) is 13.0 Å². The van der Waals surface area contributed by atoms with Crippen molar-refractivity contribution in [2.24, 2.45) is 16.2 Å². The summed E-state index contributed by atoms with van der Waals surface area (Å²) in [5, 5.41) is 0. The second kappa shape index (κ2) is 5.96. The van der Waals surface area contributed by atoms with E-state index in [1.54, 1.807) is 33.8 Å². The van der Waals surface area contributed by atoms with Crippen LogP contribution in [-0.2, 0) is 42.9 Å². The van der Waals surface area contributed by atoms with Gasteiger partial charge in [0.2, 0.25) is 5.60 Å². The molecule has 0 N–H and O–H groups in total. The topological polar surface area (TPSA) is 114 Å². The molecule has 2 saturated carbocycles. The van der Waals surface area contributed by atoms with Gasteiger partial charge in [0.15, 0.2) is 11.7 Å². The molecule has 9 heteroatoms. The van der Waals surface area contributed by atoms with Crippen LogP contribution in [0.4, 0.5) is 0 Å². The molecule has 36 heavy (non-hydrogen) atoms. The molecule has 0 aromatic heterocycles. The van der Waals surface area contributed by atoms with E-state index in [0.717, 1.165) is 0 Å². The summed E-state index contributed by atoms with van der Waals surface area (Å²) in [6.07, 6.45) is 1.69. The van der Waals surface area contributed by atoms with Crippen LogP contribution in [0.25, 0.3) is 0 Å². The standard InChI is InChI=1S/C27H30O9/c1-13-23(8)18(33-16(4)28)26-14(2)24(10-9-17(29)34-21(24,5)6)12-11-22(26,7)25(13)19(30)32-15(3)27(25,36-26)20(31)35-23/h9-10,15,18H,1-2,11-12H2,3-8H3/t15-,18-,22-,23+,24+,25?,26+,27?/m0/s1. The molecule has 5 fully saturated rings. The SMILES string of the molecule is C=C1C23C(=O)O[C@@H](C)C24O[C@]2(C(=C)[C@@]5(C=CC(=O)OC5(C)C)CC[C@@]32C)[C@@H](OC(C)=O)[C@]1(C)OC4=O. The lowest BCUT2D eigenvalue weighted by Gasteiger charge is -2.67. The third-order valence-electron chi connectivity index (χ3n) is 10.4. The molecule has 9 nitrogen and oxygen atoms in total. The van der Waals surface area contributed by atoms with Crippen molar-refractivity contribution in [3.05, 3.63) is 36.5 Å². The van der Waals surface area contributed by atoms with Gasteiger partial charge in [0.05, 0.1) is 5.41 Å². The number of esters is 4. The molecular weight excluding hydrogens is 468 g/mol. The van der Waals surface area contributed by atoms with Crippen molar-refractivity contribution >= 4 is 23.9 Å². The molecule has 192 valence electrons. The fraction of sp³-hybridized carbons (Fsp3) is 0.630. The van der Waals surface area contributed by atoms with E-state index in [0.29, 0.717) is 24.0 Å². The lowest BCUT2D eigenvalue weighted by atomic mass is 9.35. The smallest absolute Gasteiger partial charge is 0.345 e. The number of carbonyl (C=O) groups excluding carboxylic acids is 4. The monoisotopic (exact) mass is 498 g/mol. The largest absolute Gasteiger partial charge is 0.458 e. The Hall–Kier alpha value is -2.94. The summed E-state index contributed by atoms with van der Waals surface area (Å²) in [6, 6.07) is 0. The molecule has 0 radical (unpaired) electrons. The maximum Gasteiger partial charge on any atom is 0.345 e. The zero-order valence-electron chi connectivity index (χ0n) is 21.3. The third kappa shape index (κ3) is 1.82. The second-order valence-electron chi connectivity index (χ2n) is 11.9. The van der Waals surface area contributed by atoms with E-state index < -0.39 is 74.7 Å². The van der Waals surface area contributed by atoms with Crippen LogP contribution in [0.3, 0.4) is 0 Å². The van der Waals surface area contributed by atoms with Gasteiger partial charge in [0, 0.05) is 18.4 Å². The molecule has 4 heterocycles. The number of cyclic esters (lactones) is 2. The van der Waals surface area contributed by atoms with Crippen LogP contribution in [0.5, 0.6) is 0 Å². The highest BCUT2D eigenvalue weighted by molar-refractivity contribution is 6.02. The minimum absolute atomic E-state index is 0.291. The zero-order valence-corrected chi connectivity index (χ0v) is 21.3. The number of fused-ring (bicyclic) bond motifs is 1. The van der Waals surface area contributed by atoms with Crippen LogP contribution >= 0.6 is 0 Å². The van der Waals surface area contributed by atoms with Crippen LogP contribution in [0.1, 0.15) is 54.4 Å². The number of ether oxygens (including phenoxy) is 5. The predicted molar refractivity (Wildman–Crippen MR) is 122 cm³/mol. The van der Waals surface area contributed by atoms with Gasteiger partial charge in [-0.25, -0.2) is 9.59 Å². The van der Waals surface area contributed by atoms with E-state index in [1.807, 2.05) is 6.92 Å². The first kappa shape index (κ1) is 23.5. The van der Waals surface area contributed by atoms with Crippen LogP contribution in [0.15, 0.2) is 36.5 Å². The molecule has 0 aromatic carbocycles. The van der Waals surface area contributed by atoms with Gasteiger partial charge in [0.1, 0.15) is 22.7 Å². The van der Waals surface area contributed by atoms with Gasteiger partial charge in [-0.05, 0) is 51.7 Å². The van der Waals surface area contributed by atoms with Crippen molar-refractivity contribution in [1.82, 2.24) is 0 Å². The first-order valence-corrected chi connectivity index (χ1v) is 12.2. The molecule has 0 amide bonds. The molecule has 3 bridgehead atoms. The normalized spacial score (nSPS) is 51.4. The molecule has 2 aliphatic carbocycles. The fourth-order valence-corrected chi connectivity index (χ4v) is 8.77. The highest BCUT2D eigenvalue weighted by atomic mass is 16.7. The Morgan fingerprint density at radius 3 is 2.28 bits per heavy atom. The second-order valence-corrected chi connectivity index (χ2v) is 11.9. The maximum absolute atomic E-state index is 13.9. The average Bonchev–Trinajstić information content (AvgIpc) is 3.07. The Kier molecular flexibility index (Phi) is 3.88. The Morgan fingerprint density at radius 2 is 1.67 bits per heavy atom. The minimum atomic E-state index is -1.85. The third-order valence-corrected chi connectivity index (χ3v) is 10.4. The molecule has 6 rings (SSSR count). The Balaban J connectivity index is 1.74. The van der Waals surface area contributed by atoms with Gasteiger partial charge in [-0.15, -0.1) is 0 Å². The summed E-state index contributed by atoms with van der Waals surface area (Å²) in [6.45, 7) is 18.7. The molecule has 8 atom stereocenters. The summed E-state index contributed by atoms with van der Waals surface area (Å²) in [5.41, 5.74) is -9.02. The summed E-state index contributed by atoms with van der Waals surface area (Å²) >= 11 is 0. The van der Waals surface area contributed by atoms with Crippen molar-refractivity contribution in [3.8, 4) is 0 Å².